The number of nitrogens with two attached hydrogens (primary N) is 6. The van der Waals surface area contributed by atoms with Gasteiger partial charge in [0.1, 0.15) is 72.5 Å². The first kappa shape index (κ1) is 96.1. The molecule has 614 valence electrons. The van der Waals surface area contributed by atoms with Crippen LogP contribution in [0.15, 0.2) is 30.5 Å². The number of carbonyl (C=O) groups is 15. The highest BCUT2D eigenvalue weighted by atomic mass is 32.2. The smallest absolute Gasteiger partial charge is 0.243 e. The van der Waals surface area contributed by atoms with Gasteiger partial charge in [0.25, 0.3) is 0 Å². The van der Waals surface area contributed by atoms with Gasteiger partial charge in [0.15, 0.2) is 0 Å². The Morgan fingerprint density at radius 2 is 0.826 bits per heavy atom. The lowest BCUT2D eigenvalue weighted by Gasteiger charge is -2.28. The summed E-state index contributed by atoms with van der Waals surface area (Å²) in [5.41, 5.74) is 35.9. The van der Waals surface area contributed by atoms with Gasteiger partial charge in [0.2, 0.25) is 88.6 Å². The molecule has 1 aromatic heterocycles. The van der Waals surface area contributed by atoms with Crippen molar-refractivity contribution in [1.82, 2.24) is 74.1 Å². The van der Waals surface area contributed by atoms with E-state index >= 15 is 0 Å². The zero-order chi connectivity index (χ0) is 82.2. The molecule has 0 radical (unpaired) electrons. The number of para-hydroxylation sites is 1. The van der Waals surface area contributed by atoms with Crippen LogP contribution in [0.4, 0.5) is 0 Å². The number of aromatic amines is 1. The monoisotopic (exact) mass is 1550 g/mol. The molecular weight excluding hydrogens is 1430 g/mol. The SMILES string of the molecule is CCC(C)C(N)C(=O)NC(CC(N)=O)C(=O)NC(Cc1c[nH]c2ccccc12)C(=O)NC(CCCCN)C(=O)NCC(=O)NC(C(=O)NC(C)C(=O)NC(C)C(=O)NC(CCSC)C(=O)NC(C)C(=O)NC(CCCCN)C(=O)NC(CCCCN)C(=O)NC(CC(C)C)C(=O)NC(CC(C)C)C(N)=O)C(C)CC. The second-order valence-corrected chi connectivity index (χ2v) is 29.8. The van der Waals surface area contributed by atoms with Crippen LogP contribution in [0, 0.1) is 23.7 Å². The van der Waals surface area contributed by atoms with Gasteiger partial charge in [0, 0.05) is 23.5 Å². The molecule has 35 nitrogen and oxygen atoms in total. The molecule has 26 N–H and O–H groups in total. The van der Waals surface area contributed by atoms with Crippen LogP contribution in [-0.4, -0.2) is 210 Å². The van der Waals surface area contributed by atoms with Crippen molar-refractivity contribution in [1.29, 1.82) is 0 Å². The van der Waals surface area contributed by atoms with Crippen molar-refractivity contribution < 1.29 is 71.9 Å². The average Bonchev–Trinajstić information content (AvgIpc) is 1.75. The summed E-state index contributed by atoms with van der Waals surface area (Å²) in [4.78, 5) is 208. The highest BCUT2D eigenvalue weighted by molar-refractivity contribution is 7.98. The summed E-state index contributed by atoms with van der Waals surface area (Å²) in [5.74, 6) is -12.5. The van der Waals surface area contributed by atoms with Gasteiger partial charge in [-0.25, -0.2) is 0 Å². The number of aromatic nitrogens is 1. The Hall–Kier alpha value is -9.00. The van der Waals surface area contributed by atoms with Crippen LogP contribution in [0.1, 0.15) is 178 Å². The molecule has 15 amide bonds. The number of carbonyl (C=O) groups excluding carboxylic acids is 15. The molecule has 1 heterocycles. The van der Waals surface area contributed by atoms with Crippen LogP contribution >= 0.6 is 11.8 Å². The van der Waals surface area contributed by atoms with Gasteiger partial charge < -0.3 is 109 Å². The molecule has 0 bridgehead atoms. The number of H-pyrrole nitrogens is 1. The average molecular weight is 1560 g/mol. The summed E-state index contributed by atoms with van der Waals surface area (Å²) in [6, 6.07) is -9.15. The highest BCUT2D eigenvalue weighted by Crippen LogP contribution is 2.21. The molecule has 0 fully saturated rings. The number of unbranched alkanes of at least 4 members (excludes halogenated alkanes) is 3. The number of amides is 15. The van der Waals surface area contributed by atoms with Crippen LogP contribution in [-0.2, 0) is 78.3 Å². The highest BCUT2D eigenvalue weighted by Gasteiger charge is 2.37. The first-order valence-corrected chi connectivity index (χ1v) is 39.2. The van der Waals surface area contributed by atoms with Gasteiger partial charge in [0.05, 0.1) is 19.0 Å². The van der Waals surface area contributed by atoms with Crippen molar-refractivity contribution in [3.63, 3.8) is 0 Å². The largest absolute Gasteiger partial charge is 0.370 e. The number of fused-ring (bicyclic) bond motifs is 1. The summed E-state index contributed by atoms with van der Waals surface area (Å²) in [7, 11) is 0. The fourth-order valence-electron chi connectivity index (χ4n) is 11.5. The molecular formula is C73H126N20O15S. The normalized spacial score (nSPS) is 15.5. The number of thioether (sulfide) groups is 1. The Bertz CT molecular complexity index is 3320. The molecule has 0 aliphatic heterocycles. The number of rotatable bonds is 54. The van der Waals surface area contributed by atoms with Crippen molar-refractivity contribution in [2.75, 3.05) is 38.2 Å². The van der Waals surface area contributed by atoms with Gasteiger partial charge in [-0.3, -0.25) is 71.9 Å². The first-order valence-electron chi connectivity index (χ1n) is 37.9. The van der Waals surface area contributed by atoms with Crippen LogP contribution in [0.2, 0.25) is 0 Å². The molecule has 2 aromatic rings. The predicted molar refractivity (Wildman–Crippen MR) is 416 cm³/mol. The lowest BCUT2D eigenvalue weighted by atomic mass is 9.98. The Kier molecular flexibility index (Phi) is 44.7. The minimum Gasteiger partial charge on any atom is -0.370 e. The molecule has 0 spiro atoms. The third-order valence-electron chi connectivity index (χ3n) is 18.5. The van der Waals surface area contributed by atoms with Gasteiger partial charge in [-0.1, -0.05) is 86.4 Å². The fourth-order valence-corrected chi connectivity index (χ4v) is 11.9. The number of primary amides is 2. The number of nitrogens with one attached hydrogen (secondary N) is 14. The molecule has 0 aliphatic carbocycles. The number of hydrogen-bond acceptors (Lipinski definition) is 20. The van der Waals surface area contributed by atoms with Crippen molar-refractivity contribution in [2.45, 2.75) is 257 Å². The van der Waals surface area contributed by atoms with Crippen molar-refractivity contribution in [2.24, 2.45) is 58.1 Å². The van der Waals surface area contributed by atoms with E-state index in [4.69, 9.17) is 34.4 Å². The van der Waals surface area contributed by atoms with Crippen molar-refractivity contribution in [3.05, 3.63) is 36.0 Å². The van der Waals surface area contributed by atoms with Gasteiger partial charge in [-0.05, 0) is 165 Å². The zero-order valence-electron chi connectivity index (χ0n) is 65.5. The molecule has 109 heavy (non-hydrogen) atoms. The maximum atomic E-state index is 14.5. The zero-order valence-corrected chi connectivity index (χ0v) is 66.4. The summed E-state index contributed by atoms with van der Waals surface area (Å²) < 4.78 is 0. The fraction of sp³-hybridized carbons (Fsp3) is 0.685. The topological polar surface area (TPSA) is 584 Å². The minimum absolute atomic E-state index is 0.00671. The second-order valence-electron chi connectivity index (χ2n) is 28.8. The first-order chi connectivity index (χ1) is 51.5. The van der Waals surface area contributed by atoms with Crippen LogP contribution < -0.4 is 104 Å². The summed E-state index contributed by atoms with van der Waals surface area (Å²) in [6.07, 6.45) is 6.72. The predicted octanol–water partition coefficient (Wildman–Crippen LogP) is -2.28. The van der Waals surface area contributed by atoms with Crippen LogP contribution in [0.3, 0.4) is 0 Å². The van der Waals surface area contributed by atoms with E-state index in [1.807, 2.05) is 34.6 Å². The Morgan fingerprint density at radius 3 is 1.31 bits per heavy atom. The van der Waals surface area contributed by atoms with E-state index in [-0.39, 0.29) is 82.3 Å². The molecule has 36 heteroatoms. The summed E-state index contributed by atoms with van der Waals surface area (Å²) in [6.45, 7) is 18.5. The maximum Gasteiger partial charge on any atom is 0.243 e. The minimum atomic E-state index is -1.54. The van der Waals surface area contributed by atoms with E-state index < -0.39 is 186 Å². The third-order valence-corrected chi connectivity index (χ3v) is 19.2. The van der Waals surface area contributed by atoms with E-state index in [9.17, 15) is 71.9 Å². The van der Waals surface area contributed by atoms with E-state index in [0.717, 1.165) is 5.52 Å². The number of hydrogen-bond donors (Lipinski definition) is 20. The molecule has 15 atom stereocenters. The van der Waals surface area contributed by atoms with E-state index in [1.54, 1.807) is 57.5 Å². The second kappa shape index (κ2) is 50.7. The number of benzene rings is 1. The maximum absolute atomic E-state index is 14.5. The quantitative estimate of drug-likeness (QED) is 0.0310. The molecule has 0 saturated carbocycles. The Morgan fingerprint density at radius 1 is 0.431 bits per heavy atom. The van der Waals surface area contributed by atoms with Crippen molar-refractivity contribution in [3.8, 4) is 0 Å². The molecule has 0 aliphatic rings. The van der Waals surface area contributed by atoms with Crippen LogP contribution in [0.5, 0.6) is 0 Å². The van der Waals surface area contributed by atoms with Crippen molar-refractivity contribution >= 4 is 111 Å². The Balaban J connectivity index is 2.25. The summed E-state index contributed by atoms with van der Waals surface area (Å²) in [5, 5.41) is 34.8. The lowest BCUT2D eigenvalue weighted by molar-refractivity contribution is -0.136. The van der Waals surface area contributed by atoms with Gasteiger partial charge >= 0.3 is 0 Å². The molecule has 2 rings (SSSR count). The van der Waals surface area contributed by atoms with Crippen LogP contribution in [0.25, 0.3) is 10.9 Å². The van der Waals surface area contributed by atoms with E-state index in [0.29, 0.717) is 68.1 Å². The van der Waals surface area contributed by atoms with Gasteiger partial charge in [-0.15, -0.1) is 0 Å². The third kappa shape index (κ3) is 35.1. The van der Waals surface area contributed by atoms with E-state index in [2.05, 4.69) is 74.1 Å². The van der Waals surface area contributed by atoms with E-state index in [1.165, 1.54) is 32.5 Å². The Labute approximate surface area is 644 Å². The van der Waals surface area contributed by atoms with Gasteiger partial charge in [-0.2, -0.15) is 11.8 Å². The molecule has 0 saturated heterocycles. The summed E-state index contributed by atoms with van der Waals surface area (Å²) >= 11 is 1.36. The standard InChI is InChI=1S/C73H126N20O15S/c1-13-41(7)59(78)72(107)92-56(36-57(77)94)71(106)91-55(35-46-37-80-48-24-16-15-23-47(46)48)70(105)87-49(25-17-20-29-74)65(100)81-38-58(95)93-60(42(8)14-2)73(108)84-43(9)62(97)82-44(10)63(98)86-52(28-32-109-12)66(101)83-45(11)64(99)85-50(26-18-21-30-75)67(102)88-51(27-19-22-31-76)68(103)90-54(34-40(5)6)69(104)89-53(61(79)96)33-39(3)4/h15-16,23-24,37,39-45,49-56,59-60,80H,13-14,17-22,25-36,38,74-76,78H2,1-12H3,(H2,77,94)(H2,79,96)(H,81,100)(H,82,97)(H,83,101)(H,84,108)(H,85,99)(H,86,98)(H,87,105)(H,88,102)(H,89,104)(H,90,103)(H,91,106)(H,92,107)(H,93,95). The molecule has 15 unspecified atom stereocenters. The lowest BCUT2D eigenvalue weighted by Crippen LogP contribution is -2.60. The molecule has 1 aromatic carbocycles.